The van der Waals surface area contributed by atoms with E-state index in [9.17, 15) is 0 Å². The molecule has 1 heterocycles. The first-order valence-electron chi connectivity index (χ1n) is 5.39. The second-order valence-electron chi connectivity index (χ2n) is 3.41. The first kappa shape index (κ1) is 12.2. The van der Waals surface area contributed by atoms with E-state index in [4.69, 9.17) is 5.84 Å². The molecule has 0 aromatic carbocycles. The second kappa shape index (κ2) is 7.43. The molecule has 1 aromatic rings. The summed E-state index contributed by atoms with van der Waals surface area (Å²) in [7, 11) is 0. The number of thiophene rings is 1. The van der Waals surface area contributed by atoms with E-state index >= 15 is 0 Å². The smallest absolute Gasteiger partial charge is 0.110 e. The van der Waals surface area contributed by atoms with Gasteiger partial charge in [0.05, 0.1) is 0 Å². The molecule has 3 nitrogen and oxygen atoms in total. The maximum Gasteiger partial charge on any atom is 0.110 e. The lowest BCUT2D eigenvalue weighted by atomic mass is 10.2. The Morgan fingerprint density at radius 1 is 1.60 bits per heavy atom. The molecule has 3 N–H and O–H groups in total. The van der Waals surface area contributed by atoms with Crippen LogP contribution in [0.4, 0.5) is 0 Å². The lowest BCUT2D eigenvalue weighted by Gasteiger charge is -2.04. The van der Waals surface area contributed by atoms with Gasteiger partial charge in [0.2, 0.25) is 0 Å². The van der Waals surface area contributed by atoms with Crippen LogP contribution in [-0.2, 0) is 6.42 Å². The third kappa shape index (κ3) is 4.95. The molecule has 0 atom stereocenters. The van der Waals surface area contributed by atoms with Crippen molar-refractivity contribution >= 4 is 17.2 Å². The number of nitrogens with one attached hydrogen (secondary N) is 1. The van der Waals surface area contributed by atoms with Gasteiger partial charge in [-0.25, -0.2) is 5.84 Å². The summed E-state index contributed by atoms with van der Waals surface area (Å²) in [6.45, 7) is 2.97. The molecule has 0 radical (unpaired) electrons. The first-order valence-corrected chi connectivity index (χ1v) is 6.27. The van der Waals surface area contributed by atoms with Crippen molar-refractivity contribution in [3.63, 3.8) is 0 Å². The van der Waals surface area contributed by atoms with Crippen LogP contribution in [-0.4, -0.2) is 12.4 Å². The van der Waals surface area contributed by atoms with Crippen molar-refractivity contribution in [2.24, 2.45) is 10.8 Å². The average molecular weight is 225 g/mol. The summed E-state index contributed by atoms with van der Waals surface area (Å²) >= 11 is 1.81. The molecule has 0 unspecified atom stereocenters. The number of hydrogen-bond acceptors (Lipinski definition) is 3. The number of hydrazine groups is 1. The standard InChI is InChI=1S/C11H19N3S/c1-2-8-13-11(14-12)7-3-5-10-6-4-9-15-10/h4,6,9H,2-3,5,7-8,12H2,1H3,(H,13,14). The molecule has 1 rings (SSSR count). The largest absolute Gasteiger partial charge is 0.312 e. The Bertz CT molecular complexity index is 280. The summed E-state index contributed by atoms with van der Waals surface area (Å²) in [6.07, 6.45) is 4.22. The van der Waals surface area contributed by atoms with Gasteiger partial charge in [-0.1, -0.05) is 13.0 Å². The number of nitrogens with two attached hydrogens (primary N) is 1. The maximum absolute atomic E-state index is 5.39. The lowest BCUT2D eigenvalue weighted by Crippen LogP contribution is -2.30. The fraction of sp³-hybridized carbons (Fsp3) is 0.545. The van der Waals surface area contributed by atoms with Crippen molar-refractivity contribution in [2.75, 3.05) is 6.54 Å². The van der Waals surface area contributed by atoms with Gasteiger partial charge >= 0.3 is 0 Å². The molecule has 84 valence electrons. The van der Waals surface area contributed by atoms with E-state index < -0.39 is 0 Å². The predicted molar refractivity (Wildman–Crippen MR) is 67.2 cm³/mol. The number of hydrogen-bond donors (Lipinski definition) is 2. The van der Waals surface area contributed by atoms with Gasteiger partial charge in [-0.15, -0.1) is 11.3 Å². The van der Waals surface area contributed by atoms with Crippen LogP contribution in [0.5, 0.6) is 0 Å². The minimum Gasteiger partial charge on any atom is -0.312 e. The molecule has 0 fully saturated rings. The van der Waals surface area contributed by atoms with Crippen molar-refractivity contribution in [2.45, 2.75) is 32.6 Å². The summed E-state index contributed by atoms with van der Waals surface area (Å²) in [4.78, 5) is 5.80. The highest BCUT2D eigenvalue weighted by molar-refractivity contribution is 7.09. The highest BCUT2D eigenvalue weighted by atomic mass is 32.1. The van der Waals surface area contributed by atoms with Crippen LogP contribution in [0, 0.1) is 0 Å². The van der Waals surface area contributed by atoms with E-state index in [1.54, 1.807) is 0 Å². The van der Waals surface area contributed by atoms with Crippen LogP contribution in [0.3, 0.4) is 0 Å². The van der Waals surface area contributed by atoms with Gasteiger partial charge in [0.15, 0.2) is 0 Å². The SMILES string of the molecule is CCCN=C(CCCc1cccs1)NN. The monoisotopic (exact) mass is 225 g/mol. The van der Waals surface area contributed by atoms with Crippen molar-refractivity contribution in [3.8, 4) is 0 Å². The van der Waals surface area contributed by atoms with E-state index in [0.29, 0.717) is 0 Å². The van der Waals surface area contributed by atoms with Gasteiger partial charge in [0, 0.05) is 17.8 Å². The molecule has 0 aliphatic heterocycles. The van der Waals surface area contributed by atoms with E-state index in [2.05, 4.69) is 34.9 Å². The van der Waals surface area contributed by atoms with Gasteiger partial charge in [-0.3, -0.25) is 4.99 Å². The molecule has 0 bridgehead atoms. The molecular weight excluding hydrogens is 206 g/mol. The van der Waals surface area contributed by atoms with Crippen LogP contribution >= 0.6 is 11.3 Å². The maximum atomic E-state index is 5.39. The molecule has 0 spiro atoms. The summed E-state index contributed by atoms with van der Waals surface area (Å²) in [5, 5.41) is 2.11. The Morgan fingerprint density at radius 3 is 3.07 bits per heavy atom. The molecule has 0 aliphatic carbocycles. The van der Waals surface area contributed by atoms with Gasteiger partial charge in [0.25, 0.3) is 0 Å². The van der Waals surface area contributed by atoms with Crippen molar-refractivity contribution in [1.82, 2.24) is 5.43 Å². The number of amidine groups is 1. The minimum absolute atomic E-state index is 0.860. The Morgan fingerprint density at radius 2 is 2.47 bits per heavy atom. The van der Waals surface area contributed by atoms with Gasteiger partial charge in [0.1, 0.15) is 5.84 Å². The second-order valence-corrected chi connectivity index (χ2v) is 4.44. The Balaban J connectivity index is 2.23. The Labute approximate surface area is 95.4 Å². The molecule has 15 heavy (non-hydrogen) atoms. The quantitative estimate of drug-likeness (QED) is 0.338. The zero-order valence-corrected chi connectivity index (χ0v) is 10.0. The fourth-order valence-corrected chi connectivity index (χ4v) is 2.08. The molecule has 0 saturated heterocycles. The minimum atomic E-state index is 0.860. The van der Waals surface area contributed by atoms with Crippen LogP contribution < -0.4 is 11.3 Å². The van der Waals surface area contributed by atoms with Crippen LogP contribution in [0.1, 0.15) is 31.1 Å². The summed E-state index contributed by atoms with van der Waals surface area (Å²) in [5.41, 5.74) is 2.67. The zero-order chi connectivity index (χ0) is 10.9. The van der Waals surface area contributed by atoms with E-state index in [1.807, 2.05) is 11.3 Å². The molecular formula is C11H19N3S. The summed E-state index contributed by atoms with van der Waals surface area (Å²) in [6, 6.07) is 4.26. The molecule has 0 amide bonds. The van der Waals surface area contributed by atoms with Gasteiger partial charge in [-0.05, 0) is 30.7 Å². The highest BCUT2D eigenvalue weighted by Crippen LogP contribution is 2.11. The summed E-state index contributed by atoms with van der Waals surface area (Å²) in [5.74, 6) is 6.32. The van der Waals surface area contributed by atoms with Gasteiger partial charge < -0.3 is 5.43 Å². The first-order chi connectivity index (χ1) is 7.36. The third-order valence-corrected chi connectivity index (χ3v) is 3.05. The van der Waals surface area contributed by atoms with Crippen molar-refractivity contribution < 1.29 is 0 Å². The fourth-order valence-electron chi connectivity index (χ4n) is 1.33. The average Bonchev–Trinajstić information content (AvgIpc) is 2.76. The third-order valence-electron chi connectivity index (χ3n) is 2.11. The normalized spacial score (nSPS) is 11.7. The topological polar surface area (TPSA) is 50.4 Å². The number of nitrogens with zero attached hydrogens (tertiary/aromatic N) is 1. The Kier molecular flexibility index (Phi) is 6.04. The number of aliphatic imine (C=N–C) groups is 1. The van der Waals surface area contributed by atoms with Crippen LogP contribution in [0.25, 0.3) is 0 Å². The zero-order valence-electron chi connectivity index (χ0n) is 9.20. The van der Waals surface area contributed by atoms with E-state index in [0.717, 1.165) is 38.1 Å². The van der Waals surface area contributed by atoms with Crippen molar-refractivity contribution in [1.29, 1.82) is 0 Å². The predicted octanol–water partition coefficient (Wildman–Crippen LogP) is 2.34. The van der Waals surface area contributed by atoms with E-state index in [-0.39, 0.29) is 0 Å². The van der Waals surface area contributed by atoms with E-state index in [1.165, 1.54) is 4.88 Å². The molecule has 4 heteroatoms. The summed E-state index contributed by atoms with van der Waals surface area (Å²) < 4.78 is 0. The Hall–Kier alpha value is -0.870. The highest BCUT2D eigenvalue weighted by Gasteiger charge is 1.98. The molecule has 0 aliphatic rings. The van der Waals surface area contributed by atoms with Crippen molar-refractivity contribution in [3.05, 3.63) is 22.4 Å². The molecule has 1 aromatic heterocycles. The number of aryl methyl sites for hydroxylation is 1. The molecule has 0 saturated carbocycles. The van der Waals surface area contributed by atoms with Crippen LogP contribution in [0.15, 0.2) is 22.5 Å². The van der Waals surface area contributed by atoms with Crippen LogP contribution in [0.2, 0.25) is 0 Å². The lowest BCUT2D eigenvalue weighted by molar-refractivity contribution is 0.820. The van der Waals surface area contributed by atoms with Gasteiger partial charge in [-0.2, -0.15) is 0 Å². The number of rotatable bonds is 6.